The molecule has 0 bridgehead atoms. The van der Waals surface area contributed by atoms with Crippen LogP contribution in [0, 0.1) is 17.8 Å². The van der Waals surface area contributed by atoms with Crippen molar-refractivity contribution >= 4 is 0 Å². The third-order valence-electron chi connectivity index (χ3n) is 5.23. The molecule has 3 rings (SSSR count). The SMILES string of the molecule is CC1CCC(C(N)C2Cc3ccccc3C2)CC1. The summed E-state index contributed by atoms with van der Waals surface area (Å²) in [5.74, 6) is 2.40. The quantitative estimate of drug-likeness (QED) is 0.844. The highest BCUT2D eigenvalue weighted by Gasteiger charge is 2.32. The first-order chi connectivity index (χ1) is 8.74. The molecule has 1 unspecified atom stereocenters. The van der Waals surface area contributed by atoms with Crippen LogP contribution in [-0.4, -0.2) is 6.04 Å². The summed E-state index contributed by atoms with van der Waals surface area (Å²) >= 11 is 0. The van der Waals surface area contributed by atoms with Gasteiger partial charge in [-0.15, -0.1) is 0 Å². The van der Waals surface area contributed by atoms with Crippen LogP contribution in [0.15, 0.2) is 24.3 Å². The van der Waals surface area contributed by atoms with Gasteiger partial charge < -0.3 is 5.73 Å². The Hall–Kier alpha value is -0.820. The van der Waals surface area contributed by atoms with Crippen LogP contribution in [-0.2, 0) is 12.8 Å². The van der Waals surface area contributed by atoms with Gasteiger partial charge in [-0.3, -0.25) is 0 Å². The summed E-state index contributed by atoms with van der Waals surface area (Å²) in [5.41, 5.74) is 9.67. The lowest BCUT2D eigenvalue weighted by atomic mass is 9.75. The number of hydrogen-bond acceptors (Lipinski definition) is 1. The van der Waals surface area contributed by atoms with Crippen LogP contribution >= 0.6 is 0 Å². The van der Waals surface area contributed by atoms with Crippen molar-refractivity contribution in [2.45, 2.75) is 51.5 Å². The van der Waals surface area contributed by atoms with Crippen molar-refractivity contribution in [2.24, 2.45) is 23.5 Å². The maximum Gasteiger partial charge on any atom is 0.0102 e. The fraction of sp³-hybridized carbons (Fsp3) is 0.647. The Balaban J connectivity index is 1.63. The molecule has 2 aliphatic carbocycles. The highest BCUT2D eigenvalue weighted by Crippen LogP contribution is 2.36. The van der Waals surface area contributed by atoms with Crippen LogP contribution in [0.25, 0.3) is 0 Å². The molecular formula is C17H25N. The minimum Gasteiger partial charge on any atom is -0.327 e. The number of fused-ring (bicyclic) bond motifs is 1. The van der Waals surface area contributed by atoms with E-state index >= 15 is 0 Å². The Kier molecular flexibility index (Phi) is 3.43. The second kappa shape index (κ2) is 5.05. The Morgan fingerprint density at radius 3 is 2.06 bits per heavy atom. The molecule has 0 heterocycles. The predicted octanol–water partition coefficient (Wildman–Crippen LogP) is 3.56. The number of hydrogen-bond donors (Lipinski definition) is 1. The van der Waals surface area contributed by atoms with E-state index < -0.39 is 0 Å². The van der Waals surface area contributed by atoms with Crippen LogP contribution in [0.5, 0.6) is 0 Å². The van der Waals surface area contributed by atoms with Gasteiger partial charge in [-0.2, -0.15) is 0 Å². The average Bonchev–Trinajstić information content (AvgIpc) is 2.82. The molecule has 1 aromatic rings. The van der Waals surface area contributed by atoms with Gasteiger partial charge >= 0.3 is 0 Å². The van der Waals surface area contributed by atoms with Crippen LogP contribution in [0.4, 0.5) is 0 Å². The standard InChI is InChI=1S/C17H25N/c1-12-6-8-13(9-7-12)17(18)16-10-14-4-2-3-5-15(14)11-16/h2-5,12-13,16-17H,6-11,18H2,1H3. The van der Waals surface area contributed by atoms with Gasteiger partial charge in [0.25, 0.3) is 0 Å². The molecule has 0 radical (unpaired) electrons. The fourth-order valence-corrected chi connectivity index (χ4v) is 3.92. The molecule has 0 saturated heterocycles. The van der Waals surface area contributed by atoms with E-state index in [1.807, 2.05) is 0 Å². The van der Waals surface area contributed by atoms with Crippen molar-refractivity contribution in [1.29, 1.82) is 0 Å². The molecule has 2 aliphatic rings. The van der Waals surface area contributed by atoms with Crippen molar-refractivity contribution in [3.05, 3.63) is 35.4 Å². The molecule has 1 nitrogen and oxygen atoms in total. The van der Waals surface area contributed by atoms with Crippen LogP contribution in [0.1, 0.15) is 43.7 Å². The third kappa shape index (κ3) is 2.33. The van der Waals surface area contributed by atoms with E-state index in [9.17, 15) is 0 Å². The van der Waals surface area contributed by atoms with Gasteiger partial charge in [-0.1, -0.05) is 44.0 Å². The van der Waals surface area contributed by atoms with Gasteiger partial charge in [0.05, 0.1) is 0 Å². The number of benzene rings is 1. The highest BCUT2D eigenvalue weighted by molar-refractivity contribution is 5.32. The zero-order valence-corrected chi connectivity index (χ0v) is 11.4. The molecule has 0 spiro atoms. The van der Waals surface area contributed by atoms with E-state index in [0.717, 1.165) is 11.8 Å². The van der Waals surface area contributed by atoms with Crippen molar-refractivity contribution in [1.82, 2.24) is 0 Å². The van der Waals surface area contributed by atoms with E-state index in [-0.39, 0.29) is 0 Å². The first-order valence-corrected chi connectivity index (χ1v) is 7.56. The summed E-state index contributed by atoms with van der Waals surface area (Å²) < 4.78 is 0. The monoisotopic (exact) mass is 243 g/mol. The van der Waals surface area contributed by atoms with Crippen molar-refractivity contribution in [3.63, 3.8) is 0 Å². The van der Waals surface area contributed by atoms with E-state index in [2.05, 4.69) is 31.2 Å². The third-order valence-corrected chi connectivity index (χ3v) is 5.23. The summed E-state index contributed by atoms with van der Waals surface area (Å²) in [6, 6.07) is 9.31. The first-order valence-electron chi connectivity index (χ1n) is 7.56. The van der Waals surface area contributed by atoms with Crippen molar-refractivity contribution in [3.8, 4) is 0 Å². The molecular weight excluding hydrogens is 218 g/mol. The van der Waals surface area contributed by atoms with Crippen LogP contribution in [0.3, 0.4) is 0 Å². The van der Waals surface area contributed by atoms with Gasteiger partial charge in [-0.25, -0.2) is 0 Å². The zero-order valence-electron chi connectivity index (χ0n) is 11.4. The summed E-state index contributed by atoms with van der Waals surface area (Å²) in [6.45, 7) is 2.38. The van der Waals surface area contributed by atoms with Gasteiger partial charge in [0.1, 0.15) is 0 Å². The molecule has 98 valence electrons. The van der Waals surface area contributed by atoms with E-state index in [4.69, 9.17) is 5.73 Å². The van der Waals surface area contributed by atoms with Gasteiger partial charge in [0, 0.05) is 6.04 Å². The predicted molar refractivity (Wildman–Crippen MR) is 76.4 cm³/mol. The second-order valence-corrected chi connectivity index (χ2v) is 6.53. The fourth-order valence-electron chi connectivity index (χ4n) is 3.92. The molecule has 1 atom stereocenters. The molecule has 1 saturated carbocycles. The average molecular weight is 243 g/mol. The largest absolute Gasteiger partial charge is 0.327 e. The summed E-state index contributed by atoms with van der Waals surface area (Å²) in [7, 11) is 0. The minimum absolute atomic E-state index is 0.421. The molecule has 18 heavy (non-hydrogen) atoms. The number of rotatable bonds is 2. The Labute approximate surface area is 111 Å². The summed E-state index contributed by atoms with van der Waals surface area (Å²) in [6.07, 6.45) is 7.91. The highest BCUT2D eigenvalue weighted by atomic mass is 14.7. The van der Waals surface area contributed by atoms with Crippen LogP contribution in [0.2, 0.25) is 0 Å². The minimum atomic E-state index is 0.421. The maximum atomic E-state index is 6.58. The number of nitrogens with two attached hydrogens (primary N) is 1. The molecule has 1 fully saturated rings. The molecule has 0 amide bonds. The molecule has 1 aromatic carbocycles. The molecule has 0 aromatic heterocycles. The van der Waals surface area contributed by atoms with E-state index in [1.165, 1.54) is 38.5 Å². The van der Waals surface area contributed by atoms with Crippen LogP contribution < -0.4 is 5.73 Å². The van der Waals surface area contributed by atoms with Crippen molar-refractivity contribution in [2.75, 3.05) is 0 Å². The Morgan fingerprint density at radius 2 is 1.50 bits per heavy atom. The molecule has 2 N–H and O–H groups in total. The molecule has 1 heteroatoms. The lowest BCUT2D eigenvalue weighted by molar-refractivity contribution is 0.215. The smallest absolute Gasteiger partial charge is 0.0102 e. The summed E-state index contributed by atoms with van der Waals surface area (Å²) in [5, 5.41) is 0. The molecule has 0 aliphatic heterocycles. The topological polar surface area (TPSA) is 26.0 Å². The normalized spacial score (nSPS) is 30.1. The first kappa shape index (κ1) is 12.2. The van der Waals surface area contributed by atoms with E-state index in [1.54, 1.807) is 11.1 Å². The second-order valence-electron chi connectivity index (χ2n) is 6.53. The maximum absolute atomic E-state index is 6.58. The lowest BCUT2D eigenvalue weighted by Crippen LogP contribution is -2.39. The Bertz CT molecular complexity index is 379. The lowest BCUT2D eigenvalue weighted by Gasteiger charge is -2.33. The van der Waals surface area contributed by atoms with Crippen molar-refractivity contribution < 1.29 is 0 Å². The Morgan fingerprint density at radius 1 is 0.944 bits per heavy atom. The van der Waals surface area contributed by atoms with Gasteiger partial charge in [0.2, 0.25) is 0 Å². The zero-order chi connectivity index (χ0) is 12.5. The van der Waals surface area contributed by atoms with E-state index in [0.29, 0.717) is 12.0 Å². The van der Waals surface area contributed by atoms with Gasteiger partial charge in [0.15, 0.2) is 0 Å². The van der Waals surface area contributed by atoms with Gasteiger partial charge in [-0.05, 0) is 54.6 Å². The summed E-state index contributed by atoms with van der Waals surface area (Å²) in [4.78, 5) is 0.